The van der Waals surface area contributed by atoms with Crippen LogP contribution in [0.3, 0.4) is 0 Å². The third-order valence-electron chi connectivity index (χ3n) is 9.21. The summed E-state index contributed by atoms with van der Waals surface area (Å²) >= 11 is 0. The fourth-order valence-corrected chi connectivity index (χ4v) is 7.71. The van der Waals surface area contributed by atoms with Gasteiger partial charge in [-0.25, -0.2) is 0 Å². The van der Waals surface area contributed by atoms with Gasteiger partial charge >= 0.3 is 0 Å². The van der Waals surface area contributed by atoms with E-state index in [1.165, 1.54) is 38.5 Å². The first-order valence-corrected chi connectivity index (χ1v) is 11.9. The van der Waals surface area contributed by atoms with Gasteiger partial charge in [-0.15, -0.1) is 0 Å². The van der Waals surface area contributed by atoms with Gasteiger partial charge in [0.25, 0.3) is 0 Å². The maximum Gasteiger partial charge on any atom is -0.0230 e. The van der Waals surface area contributed by atoms with Crippen molar-refractivity contribution >= 4 is 0 Å². The summed E-state index contributed by atoms with van der Waals surface area (Å²) in [5.74, 6) is 8.07. The Bertz CT molecular complexity index is 384. The average molecular weight is 347 g/mol. The van der Waals surface area contributed by atoms with Gasteiger partial charge < -0.3 is 0 Å². The molecule has 3 aliphatic carbocycles. The SMILES string of the molecule is CCC(C)CC1(CC(C)CC)C2CC(C)CCC2C2CCC(C)CC21. The molecule has 0 aromatic carbocycles. The zero-order valence-corrected chi connectivity index (χ0v) is 18.2. The van der Waals surface area contributed by atoms with E-state index in [1.807, 2.05) is 0 Å². The molecule has 0 bridgehead atoms. The van der Waals surface area contributed by atoms with E-state index in [2.05, 4.69) is 41.5 Å². The second-order valence-electron chi connectivity index (χ2n) is 11.0. The van der Waals surface area contributed by atoms with Crippen LogP contribution in [-0.2, 0) is 0 Å². The quantitative estimate of drug-likeness (QED) is 0.457. The van der Waals surface area contributed by atoms with Crippen LogP contribution in [-0.4, -0.2) is 0 Å². The molecule has 8 unspecified atom stereocenters. The molecule has 0 nitrogen and oxygen atoms in total. The van der Waals surface area contributed by atoms with Crippen molar-refractivity contribution in [2.75, 3.05) is 0 Å². The van der Waals surface area contributed by atoms with Gasteiger partial charge in [0.05, 0.1) is 0 Å². The maximum atomic E-state index is 2.55. The molecule has 25 heavy (non-hydrogen) atoms. The Labute approximate surface area is 158 Å². The molecule has 8 atom stereocenters. The largest absolute Gasteiger partial charge is 0.0651 e. The molecule has 146 valence electrons. The number of hydrogen-bond acceptors (Lipinski definition) is 0. The van der Waals surface area contributed by atoms with Crippen molar-refractivity contribution in [2.24, 2.45) is 52.8 Å². The molecule has 0 spiro atoms. The molecular formula is C25H46. The molecule has 0 saturated heterocycles. The minimum atomic E-state index is 0.684. The predicted octanol–water partition coefficient (Wildman–Crippen LogP) is 7.96. The summed E-state index contributed by atoms with van der Waals surface area (Å²) in [5.41, 5.74) is 0.684. The van der Waals surface area contributed by atoms with Gasteiger partial charge in [0, 0.05) is 0 Å². The molecule has 3 saturated carbocycles. The highest BCUT2D eigenvalue weighted by Crippen LogP contribution is 2.68. The van der Waals surface area contributed by atoms with Crippen molar-refractivity contribution in [3.8, 4) is 0 Å². The topological polar surface area (TPSA) is 0 Å². The van der Waals surface area contributed by atoms with E-state index in [0.29, 0.717) is 5.41 Å². The fourth-order valence-electron chi connectivity index (χ4n) is 7.71. The van der Waals surface area contributed by atoms with E-state index in [-0.39, 0.29) is 0 Å². The monoisotopic (exact) mass is 346 g/mol. The number of hydrogen-bond donors (Lipinski definition) is 0. The lowest BCUT2D eigenvalue weighted by Crippen LogP contribution is -2.40. The van der Waals surface area contributed by atoms with E-state index < -0.39 is 0 Å². The summed E-state index contributed by atoms with van der Waals surface area (Å²) < 4.78 is 0. The van der Waals surface area contributed by atoms with Crippen molar-refractivity contribution in [2.45, 2.75) is 106 Å². The van der Waals surface area contributed by atoms with Crippen molar-refractivity contribution in [1.29, 1.82) is 0 Å². The normalized spacial score (nSPS) is 46.3. The van der Waals surface area contributed by atoms with Crippen LogP contribution in [0.15, 0.2) is 0 Å². The van der Waals surface area contributed by atoms with E-state index in [4.69, 9.17) is 0 Å². The second kappa shape index (κ2) is 7.93. The van der Waals surface area contributed by atoms with Crippen LogP contribution >= 0.6 is 0 Å². The summed E-state index contributed by atoms with van der Waals surface area (Å²) in [5, 5.41) is 0. The zero-order chi connectivity index (χ0) is 18.2. The summed E-state index contributed by atoms with van der Waals surface area (Å²) in [7, 11) is 0. The van der Waals surface area contributed by atoms with Gasteiger partial charge in [0.2, 0.25) is 0 Å². The molecule has 0 heteroatoms. The van der Waals surface area contributed by atoms with Crippen LogP contribution in [0.2, 0.25) is 0 Å². The van der Waals surface area contributed by atoms with Gasteiger partial charge in [0.1, 0.15) is 0 Å². The average Bonchev–Trinajstić information content (AvgIpc) is 2.84. The molecule has 0 heterocycles. The molecular weight excluding hydrogens is 300 g/mol. The van der Waals surface area contributed by atoms with Crippen LogP contribution in [0.5, 0.6) is 0 Å². The lowest BCUT2D eigenvalue weighted by Gasteiger charge is -2.48. The molecule has 0 radical (unpaired) electrons. The third kappa shape index (κ3) is 3.70. The Morgan fingerprint density at radius 2 is 1.12 bits per heavy atom. The Hall–Kier alpha value is 0. The van der Waals surface area contributed by atoms with Gasteiger partial charge in [-0.05, 0) is 91.3 Å². The van der Waals surface area contributed by atoms with Crippen molar-refractivity contribution in [3.63, 3.8) is 0 Å². The van der Waals surface area contributed by atoms with Crippen molar-refractivity contribution < 1.29 is 0 Å². The van der Waals surface area contributed by atoms with Gasteiger partial charge in [-0.2, -0.15) is 0 Å². The smallest absolute Gasteiger partial charge is 0.0230 e. The lowest BCUT2D eigenvalue weighted by molar-refractivity contribution is 0.0106. The Balaban J connectivity index is 1.99. The number of fused-ring (bicyclic) bond motifs is 3. The van der Waals surface area contributed by atoms with Gasteiger partial charge in [0.15, 0.2) is 0 Å². The molecule has 3 rings (SSSR count). The summed E-state index contributed by atoms with van der Waals surface area (Å²) in [6, 6.07) is 0. The molecule has 0 aliphatic heterocycles. The van der Waals surface area contributed by atoms with Crippen molar-refractivity contribution in [1.82, 2.24) is 0 Å². The molecule has 0 N–H and O–H groups in total. The molecule has 0 aromatic rings. The Morgan fingerprint density at radius 3 is 1.48 bits per heavy atom. The summed E-state index contributed by atoms with van der Waals surface area (Å²) in [6.45, 7) is 15.1. The Kier molecular flexibility index (Phi) is 6.27. The minimum Gasteiger partial charge on any atom is -0.0651 e. The highest BCUT2D eigenvalue weighted by Gasteiger charge is 2.60. The molecule has 3 aliphatic rings. The van der Waals surface area contributed by atoms with Crippen LogP contribution < -0.4 is 0 Å². The molecule has 0 amide bonds. The summed E-state index contributed by atoms with van der Waals surface area (Å²) in [6.07, 6.45) is 15.1. The molecule has 0 aromatic heterocycles. The third-order valence-corrected chi connectivity index (χ3v) is 9.21. The van der Waals surface area contributed by atoms with Gasteiger partial charge in [-0.1, -0.05) is 67.2 Å². The Morgan fingerprint density at radius 1 is 0.720 bits per heavy atom. The first-order valence-electron chi connectivity index (χ1n) is 11.9. The first kappa shape index (κ1) is 19.8. The van der Waals surface area contributed by atoms with E-state index in [0.717, 1.165) is 47.3 Å². The zero-order valence-electron chi connectivity index (χ0n) is 18.2. The second-order valence-corrected chi connectivity index (χ2v) is 11.0. The highest BCUT2D eigenvalue weighted by molar-refractivity contribution is 5.09. The number of rotatable bonds is 6. The summed E-state index contributed by atoms with van der Waals surface area (Å²) in [4.78, 5) is 0. The van der Waals surface area contributed by atoms with Crippen LogP contribution in [0, 0.1) is 52.8 Å². The maximum absolute atomic E-state index is 2.55. The predicted molar refractivity (Wildman–Crippen MR) is 111 cm³/mol. The first-order chi connectivity index (χ1) is 11.9. The highest BCUT2D eigenvalue weighted by atomic mass is 14.7. The lowest BCUT2D eigenvalue weighted by atomic mass is 9.57. The van der Waals surface area contributed by atoms with Gasteiger partial charge in [-0.3, -0.25) is 0 Å². The van der Waals surface area contributed by atoms with Crippen LogP contribution in [0.1, 0.15) is 106 Å². The molecule has 3 fully saturated rings. The van der Waals surface area contributed by atoms with E-state index in [9.17, 15) is 0 Å². The van der Waals surface area contributed by atoms with E-state index in [1.54, 1.807) is 25.7 Å². The minimum absolute atomic E-state index is 0.684. The van der Waals surface area contributed by atoms with Crippen molar-refractivity contribution in [3.05, 3.63) is 0 Å². The van der Waals surface area contributed by atoms with Crippen LogP contribution in [0.4, 0.5) is 0 Å². The van der Waals surface area contributed by atoms with Crippen LogP contribution in [0.25, 0.3) is 0 Å². The fraction of sp³-hybridized carbons (Fsp3) is 1.00. The standard InChI is InChI=1S/C25H46/c1-7-17(3)15-25(16-18(4)8-2)23-13-19(5)9-11-21(23)22-12-10-20(6)14-24(22)25/h17-24H,7-16H2,1-6H3. The van der Waals surface area contributed by atoms with E-state index >= 15 is 0 Å².